The molecule has 140 valence electrons. The van der Waals surface area contributed by atoms with Gasteiger partial charge in [0.1, 0.15) is 0 Å². The third kappa shape index (κ3) is 4.52. The molecule has 1 aliphatic rings. The molecule has 1 fully saturated rings. The second-order valence-corrected chi connectivity index (χ2v) is 9.52. The fourth-order valence-electron chi connectivity index (χ4n) is 3.20. The number of carbonyl (C=O) groups excluding carboxylic acids is 1. The van der Waals surface area contributed by atoms with Crippen LogP contribution < -0.4 is 4.72 Å². The van der Waals surface area contributed by atoms with Gasteiger partial charge in [-0.1, -0.05) is 18.2 Å². The minimum absolute atomic E-state index is 0.114. The summed E-state index contributed by atoms with van der Waals surface area (Å²) in [4.78, 5) is 15.6. The first-order valence-corrected chi connectivity index (χ1v) is 11.1. The van der Waals surface area contributed by atoms with Crippen LogP contribution in [-0.2, 0) is 21.2 Å². The van der Waals surface area contributed by atoms with Crippen molar-refractivity contribution < 1.29 is 13.2 Å². The van der Waals surface area contributed by atoms with Crippen LogP contribution in [0.2, 0.25) is 0 Å². The molecule has 0 bridgehead atoms. The van der Waals surface area contributed by atoms with E-state index in [0.717, 1.165) is 16.0 Å². The maximum Gasteiger partial charge on any atom is 0.241 e. The Balaban J connectivity index is 1.58. The quantitative estimate of drug-likeness (QED) is 0.851. The summed E-state index contributed by atoms with van der Waals surface area (Å²) >= 11 is 1.58. The third-order valence-corrected chi connectivity index (χ3v) is 7.25. The lowest BCUT2D eigenvalue weighted by molar-refractivity contribution is -0.131. The molecule has 7 heteroatoms. The van der Waals surface area contributed by atoms with E-state index in [-0.39, 0.29) is 11.9 Å². The molecule has 0 aliphatic carbocycles. The van der Waals surface area contributed by atoms with Crippen molar-refractivity contribution in [3.63, 3.8) is 0 Å². The lowest BCUT2D eigenvalue weighted by atomic mass is 10.1. The Labute approximate surface area is 159 Å². The van der Waals surface area contributed by atoms with Gasteiger partial charge in [-0.2, -0.15) is 0 Å². The van der Waals surface area contributed by atoms with E-state index in [9.17, 15) is 13.2 Å². The van der Waals surface area contributed by atoms with Gasteiger partial charge in [-0.3, -0.25) is 4.79 Å². The van der Waals surface area contributed by atoms with E-state index in [0.29, 0.717) is 37.2 Å². The normalized spacial score (nSPS) is 16.0. The minimum Gasteiger partial charge on any atom is -0.342 e. The van der Waals surface area contributed by atoms with Crippen LogP contribution in [0.4, 0.5) is 0 Å². The second-order valence-electron chi connectivity index (χ2n) is 6.80. The molecule has 1 N–H and O–H groups in total. The van der Waals surface area contributed by atoms with Gasteiger partial charge in [-0.15, -0.1) is 11.3 Å². The lowest BCUT2D eigenvalue weighted by Gasteiger charge is -2.32. The van der Waals surface area contributed by atoms with Gasteiger partial charge in [-0.25, -0.2) is 13.1 Å². The molecule has 2 aromatic rings. The molecule has 5 nitrogen and oxygen atoms in total. The molecular weight excluding hydrogens is 368 g/mol. The van der Waals surface area contributed by atoms with E-state index < -0.39 is 10.0 Å². The van der Waals surface area contributed by atoms with Crippen molar-refractivity contribution in [1.82, 2.24) is 9.62 Å². The molecule has 0 radical (unpaired) electrons. The minimum atomic E-state index is -3.54. The van der Waals surface area contributed by atoms with Crippen LogP contribution in [0.1, 0.15) is 28.8 Å². The monoisotopic (exact) mass is 392 g/mol. The predicted octanol–water partition coefficient (Wildman–Crippen LogP) is 2.88. The van der Waals surface area contributed by atoms with Gasteiger partial charge in [0.25, 0.3) is 0 Å². The number of thiophene rings is 1. The molecule has 0 spiro atoms. The summed E-state index contributed by atoms with van der Waals surface area (Å²) in [7, 11) is -3.54. The molecule has 3 rings (SSSR count). The van der Waals surface area contributed by atoms with Gasteiger partial charge < -0.3 is 4.90 Å². The topological polar surface area (TPSA) is 66.5 Å². The summed E-state index contributed by atoms with van der Waals surface area (Å²) in [5, 5.41) is 1.97. The van der Waals surface area contributed by atoms with E-state index in [1.165, 1.54) is 0 Å². The number of nitrogens with zero attached hydrogens (tertiary/aromatic N) is 1. The van der Waals surface area contributed by atoms with Crippen molar-refractivity contribution in [2.45, 2.75) is 44.0 Å². The van der Waals surface area contributed by atoms with Gasteiger partial charge in [-0.05, 0) is 55.3 Å². The number of nitrogens with one attached hydrogen (secondary N) is 1. The molecule has 26 heavy (non-hydrogen) atoms. The number of rotatable bonds is 5. The molecule has 1 aromatic heterocycles. The number of hydrogen-bond acceptors (Lipinski definition) is 4. The highest BCUT2D eigenvalue weighted by Crippen LogP contribution is 2.20. The number of hydrogen-bond donors (Lipinski definition) is 1. The summed E-state index contributed by atoms with van der Waals surface area (Å²) in [5.74, 6) is 0.114. The number of carbonyl (C=O) groups is 1. The van der Waals surface area contributed by atoms with Crippen LogP contribution in [0, 0.1) is 13.8 Å². The van der Waals surface area contributed by atoms with Crippen molar-refractivity contribution in [2.24, 2.45) is 0 Å². The van der Waals surface area contributed by atoms with Gasteiger partial charge in [0.05, 0.1) is 11.3 Å². The molecule has 1 saturated heterocycles. The molecule has 2 heterocycles. The van der Waals surface area contributed by atoms with Gasteiger partial charge >= 0.3 is 0 Å². The number of aryl methyl sites for hydroxylation is 2. The number of sulfonamides is 1. The number of piperidine rings is 1. The Bertz CT molecular complexity index is 868. The van der Waals surface area contributed by atoms with Crippen LogP contribution in [0.5, 0.6) is 0 Å². The average Bonchev–Trinajstić information content (AvgIpc) is 3.10. The molecule has 0 atom stereocenters. The highest BCUT2D eigenvalue weighted by Gasteiger charge is 2.27. The van der Waals surface area contributed by atoms with Crippen molar-refractivity contribution in [1.29, 1.82) is 0 Å². The van der Waals surface area contributed by atoms with E-state index >= 15 is 0 Å². The third-order valence-electron chi connectivity index (χ3n) is 4.71. The first kappa shape index (κ1) is 19.1. The van der Waals surface area contributed by atoms with Crippen LogP contribution in [0.25, 0.3) is 0 Å². The summed E-state index contributed by atoms with van der Waals surface area (Å²) in [5.41, 5.74) is 1.66. The van der Waals surface area contributed by atoms with Crippen molar-refractivity contribution in [3.8, 4) is 0 Å². The maximum atomic E-state index is 12.7. The average molecular weight is 393 g/mol. The highest BCUT2D eigenvalue weighted by molar-refractivity contribution is 7.89. The lowest BCUT2D eigenvalue weighted by Crippen LogP contribution is -2.46. The van der Waals surface area contributed by atoms with Crippen LogP contribution >= 0.6 is 11.3 Å². The van der Waals surface area contributed by atoms with Crippen molar-refractivity contribution in [3.05, 3.63) is 51.7 Å². The molecule has 0 saturated carbocycles. The van der Waals surface area contributed by atoms with Gasteiger partial charge in [0, 0.05) is 24.0 Å². The Kier molecular flexibility index (Phi) is 5.79. The fourth-order valence-corrected chi connectivity index (χ4v) is 5.53. The Morgan fingerprint density at radius 3 is 2.62 bits per heavy atom. The zero-order chi connectivity index (χ0) is 18.7. The van der Waals surface area contributed by atoms with E-state index in [2.05, 4.69) is 4.72 Å². The van der Waals surface area contributed by atoms with Crippen LogP contribution in [0.15, 0.2) is 40.6 Å². The Morgan fingerprint density at radius 2 is 1.96 bits per heavy atom. The zero-order valence-electron chi connectivity index (χ0n) is 15.1. The molecule has 1 amide bonds. The number of likely N-dealkylation sites (tertiary alicyclic amines) is 1. The highest BCUT2D eigenvalue weighted by atomic mass is 32.2. The predicted molar refractivity (Wildman–Crippen MR) is 104 cm³/mol. The second kappa shape index (κ2) is 7.90. The Hall–Kier alpha value is -1.70. The van der Waals surface area contributed by atoms with Crippen LogP contribution in [-0.4, -0.2) is 38.4 Å². The zero-order valence-corrected chi connectivity index (χ0v) is 16.7. The summed E-state index contributed by atoms with van der Waals surface area (Å²) < 4.78 is 28.2. The first-order chi connectivity index (χ1) is 12.3. The SMILES string of the molecule is Cc1ccc(C)c(S(=O)(=O)NC2CCN(C(=O)Cc3cccs3)CC2)c1. The molecular formula is C19H24N2O3S2. The standard InChI is InChI=1S/C19H24N2O3S2/c1-14-5-6-15(2)18(12-14)26(23,24)20-16-7-9-21(10-8-16)19(22)13-17-4-3-11-25-17/h3-6,11-12,16,20H,7-10,13H2,1-2H3. The molecule has 0 unspecified atom stereocenters. The van der Waals surface area contributed by atoms with E-state index in [1.54, 1.807) is 24.3 Å². The van der Waals surface area contributed by atoms with E-state index in [1.807, 2.05) is 41.5 Å². The van der Waals surface area contributed by atoms with Crippen molar-refractivity contribution >= 4 is 27.3 Å². The number of amides is 1. The molecule has 1 aromatic carbocycles. The summed E-state index contributed by atoms with van der Waals surface area (Å²) in [6, 6.07) is 9.22. The smallest absolute Gasteiger partial charge is 0.241 e. The maximum absolute atomic E-state index is 12.7. The largest absolute Gasteiger partial charge is 0.342 e. The Morgan fingerprint density at radius 1 is 1.23 bits per heavy atom. The first-order valence-electron chi connectivity index (χ1n) is 8.75. The van der Waals surface area contributed by atoms with Crippen LogP contribution in [0.3, 0.4) is 0 Å². The van der Waals surface area contributed by atoms with Gasteiger partial charge in [0.15, 0.2) is 0 Å². The summed E-state index contributed by atoms with van der Waals surface area (Å²) in [6.07, 6.45) is 1.71. The van der Waals surface area contributed by atoms with Gasteiger partial charge in [0.2, 0.25) is 15.9 Å². The molecule has 1 aliphatic heterocycles. The summed E-state index contributed by atoms with van der Waals surface area (Å²) in [6.45, 7) is 4.87. The van der Waals surface area contributed by atoms with Crippen molar-refractivity contribution in [2.75, 3.05) is 13.1 Å². The number of benzene rings is 1. The fraction of sp³-hybridized carbons (Fsp3) is 0.421. The van der Waals surface area contributed by atoms with E-state index in [4.69, 9.17) is 0 Å².